The van der Waals surface area contributed by atoms with E-state index < -0.39 is 72.4 Å². The molecule has 2 rings (SSSR count). The van der Waals surface area contributed by atoms with Crippen LogP contribution in [0.4, 0.5) is 26.3 Å². The van der Waals surface area contributed by atoms with Crippen LogP contribution in [0.2, 0.25) is 0 Å². The predicted octanol–water partition coefficient (Wildman–Crippen LogP) is 2.46. The van der Waals surface area contributed by atoms with Crippen molar-refractivity contribution in [3.63, 3.8) is 0 Å². The zero-order valence-electron chi connectivity index (χ0n) is 19.1. The second kappa shape index (κ2) is 11.0. The Hall–Kier alpha value is -2.22. The van der Waals surface area contributed by atoms with Gasteiger partial charge in [-0.2, -0.15) is 26.3 Å². The molecule has 5 atom stereocenters. The fourth-order valence-corrected chi connectivity index (χ4v) is 4.07. The molecular weight excluding hydrogens is 498 g/mol. The van der Waals surface area contributed by atoms with Gasteiger partial charge in [0.05, 0.1) is 23.3 Å². The van der Waals surface area contributed by atoms with Gasteiger partial charge in [-0.05, 0) is 29.7 Å². The highest BCUT2D eigenvalue weighted by Crippen LogP contribution is 2.37. The molecule has 6 nitrogen and oxygen atoms in total. The van der Waals surface area contributed by atoms with Crippen molar-refractivity contribution in [2.75, 3.05) is 6.61 Å². The summed E-state index contributed by atoms with van der Waals surface area (Å²) in [6.45, 7) is 0.216. The van der Waals surface area contributed by atoms with Crippen LogP contribution in [0, 0.1) is 0 Å². The summed E-state index contributed by atoms with van der Waals surface area (Å²) in [5, 5.41) is 63.4. The quantitative estimate of drug-likeness (QED) is 0.265. The average Bonchev–Trinajstić information content (AvgIpc) is 2.81. The molecule has 0 aliphatic rings. The molecule has 0 aliphatic carbocycles. The van der Waals surface area contributed by atoms with Crippen LogP contribution in [0.15, 0.2) is 48.5 Å². The topological polar surface area (TPSA) is 121 Å². The van der Waals surface area contributed by atoms with E-state index in [-0.39, 0.29) is 17.5 Å². The van der Waals surface area contributed by atoms with Gasteiger partial charge in [0.1, 0.15) is 23.9 Å². The van der Waals surface area contributed by atoms with Crippen molar-refractivity contribution in [1.29, 1.82) is 0 Å². The summed E-state index contributed by atoms with van der Waals surface area (Å²) in [6, 6.07) is 7.33. The minimum Gasteiger partial charge on any atom is -0.394 e. The zero-order valence-corrected chi connectivity index (χ0v) is 19.1. The second-order valence-corrected chi connectivity index (χ2v) is 8.80. The Morgan fingerprint density at radius 3 is 1.58 bits per heavy atom. The highest BCUT2D eigenvalue weighted by atomic mass is 19.4. The number of aliphatic hydroxyl groups excluding tert-OH is 4. The van der Waals surface area contributed by atoms with E-state index in [0.29, 0.717) is 6.07 Å². The zero-order chi connectivity index (χ0) is 27.5. The molecule has 6 N–H and O–H groups in total. The van der Waals surface area contributed by atoms with E-state index >= 15 is 0 Å². The molecule has 0 aliphatic heterocycles. The summed E-state index contributed by atoms with van der Waals surface area (Å²) in [5.74, 6) is 0. The van der Waals surface area contributed by atoms with Gasteiger partial charge in [0.15, 0.2) is 0 Å². The lowest BCUT2D eigenvalue weighted by atomic mass is 9.72. The number of hydrogen-bond acceptors (Lipinski definition) is 6. The van der Waals surface area contributed by atoms with E-state index in [2.05, 4.69) is 0 Å². The van der Waals surface area contributed by atoms with Gasteiger partial charge in [0.2, 0.25) is 0 Å². The molecule has 1 unspecified atom stereocenters. The molecular formula is C24H28F6O6. The van der Waals surface area contributed by atoms with Crippen LogP contribution in [-0.2, 0) is 25.2 Å². The first kappa shape index (κ1) is 30.0. The second-order valence-electron chi connectivity index (χ2n) is 8.80. The third-order valence-corrected chi connectivity index (χ3v) is 6.16. The van der Waals surface area contributed by atoms with Crippen molar-refractivity contribution in [3.05, 3.63) is 70.8 Å². The first-order valence-corrected chi connectivity index (χ1v) is 10.9. The van der Waals surface area contributed by atoms with Crippen molar-refractivity contribution in [3.8, 4) is 0 Å². The maximum Gasteiger partial charge on any atom is 0.416 e. The maximum atomic E-state index is 13.1. The molecule has 12 heteroatoms. The molecule has 0 bridgehead atoms. The van der Waals surface area contributed by atoms with Crippen molar-refractivity contribution >= 4 is 0 Å². The fraction of sp³-hybridized carbons (Fsp3) is 0.500. The van der Waals surface area contributed by atoms with Gasteiger partial charge < -0.3 is 30.6 Å². The minimum absolute atomic E-state index is 0.0909. The van der Waals surface area contributed by atoms with E-state index in [1.165, 1.54) is 13.0 Å². The van der Waals surface area contributed by atoms with Crippen molar-refractivity contribution in [2.45, 2.75) is 68.1 Å². The van der Waals surface area contributed by atoms with Crippen LogP contribution in [-0.4, -0.2) is 66.8 Å². The Kier molecular flexibility index (Phi) is 9.20. The fourth-order valence-electron chi connectivity index (χ4n) is 4.07. The summed E-state index contributed by atoms with van der Waals surface area (Å²) < 4.78 is 78.8. The highest BCUT2D eigenvalue weighted by molar-refractivity contribution is 5.30. The van der Waals surface area contributed by atoms with E-state index in [9.17, 15) is 57.0 Å². The summed E-state index contributed by atoms with van der Waals surface area (Å²) in [5.41, 5.74) is -7.82. The Morgan fingerprint density at radius 1 is 0.750 bits per heavy atom. The molecule has 202 valence electrons. The minimum atomic E-state index is -4.76. The molecule has 0 radical (unpaired) electrons. The molecule has 0 saturated heterocycles. The van der Waals surface area contributed by atoms with E-state index in [1.54, 1.807) is 0 Å². The SMILES string of the molecule is CCC(O)(Cc1cccc(C(F)(F)F)c1)[C@@H](O)[C@@](O)(Cc1cccc(C(F)(F)F)c1)[C@H](O)[C@@H](O)CO. The maximum absolute atomic E-state index is 13.1. The van der Waals surface area contributed by atoms with Crippen LogP contribution >= 0.6 is 0 Å². The normalized spacial score (nSPS) is 18.7. The number of halogens is 6. The van der Waals surface area contributed by atoms with Gasteiger partial charge in [0.25, 0.3) is 0 Å². The smallest absolute Gasteiger partial charge is 0.394 e. The first-order valence-electron chi connectivity index (χ1n) is 10.9. The van der Waals surface area contributed by atoms with Crippen LogP contribution in [0.1, 0.15) is 35.6 Å². The van der Waals surface area contributed by atoms with E-state index in [0.717, 1.165) is 36.4 Å². The number of alkyl halides is 6. The largest absolute Gasteiger partial charge is 0.416 e. The Morgan fingerprint density at radius 2 is 1.19 bits per heavy atom. The molecule has 2 aromatic carbocycles. The first-order chi connectivity index (χ1) is 16.5. The Balaban J connectivity index is 2.52. The number of aliphatic hydroxyl groups is 6. The van der Waals surface area contributed by atoms with Gasteiger partial charge in [-0.15, -0.1) is 0 Å². The lowest BCUT2D eigenvalue weighted by Crippen LogP contribution is -2.66. The van der Waals surface area contributed by atoms with Crippen molar-refractivity contribution in [1.82, 2.24) is 0 Å². The third kappa shape index (κ3) is 6.75. The van der Waals surface area contributed by atoms with Gasteiger partial charge in [0, 0.05) is 12.8 Å². The number of benzene rings is 2. The number of rotatable bonds is 10. The Labute approximate surface area is 203 Å². The van der Waals surface area contributed by atoms with Gasteiger partial charge in [-0.25, -0.2) is 0 Å². The highest BCUT2D eigenvalue weighted by Gasteiger charge is 2.54. The van der Waals surface area contributed by atoms with Crippen LogP contribution in [0.25, 0.3) is 0 Å². The molecule has 36 heavy (non-hydrogen) atoms. The molecule has 2 aromatic rings. The summed E-state index contributed by atoms with van der Waals surface area (Å²) >= 11 is 0. The Bertz CT molecular complexity index is 1010. The molecule has 0 amide bonds. The molecule has 0 saturated carbocycles. The number of hydrogen-bond donors (Lipinski definition) is 6. The van der Waals surface area contributed by atoms with Gasteiger partial charge in [-0.3, -0.25) is 0 Å². The van der Waals surface area contributed by atoms with E-state index in [1.807, 2.05) is 0 Å². The van der Waals surface area contributed by atoms with Gasteiger partial charge in [-0.1, -0.05) is 43.3 Å². The van der Waals surface area contributed by atoms with E-state index in [4.69, 9.17) is 0 Å². The monoisotopic (exact) mass is 526 g/mol. The van der Waals surface area contributed by atoms with Crippen molar-refractivity contribution < 1.29 is 57.0 Å². The molecule has 0 spiro atoms. The van der Waals surface area contributed by atoms with Crippen LogP contribution in [0.5, 0.6) is 0 Å². The summed E-state index contributed by atoms with van der Waals surface area (Å²) in [7, 11) is 0. The van der Waals surface area contributed by atoms with Crippen LogP contribution in [0.3, 0.4) is 0 Å². The average molecular weight is 526 g/mol. The van der Waals surface area contributed by atoms with Gasteiger partial charge >= 0.3 is 12.4 Å². The van der Waals surface area contributed by atoms with Crippen LogP contribution < -0.4 is 0 Å². The third-order valence-electron chi connectivity index (χ3n) is 6.16. The molecule has 0 heterocycles. The summed E-state index contributed by atoms with van der Waals surface area (Å²) in [6.07, 6.45) is -18.2. The molecule has 0 aromatic heterocycles. The molecule has 0 fully saturated rings. The summed E-state index contributed by atoms with van der Waals surface area (Å²) in [4.78, 5) is 0. The lowest BCUT2D eigenvalue weighted by molar-refractivity contribution is -0.229. The van der Waals surface area contributed by atoms with Crippen molar-refractivity contribution in [2.24, 2.45) is 0 Å². The predicted molar refractivity (Wildman–Crippen MR) is 116 cm³/mol. The lowest BCUT2D eigenvalue weighted by Gasteiger charge is -2.46. The standard InChI is InChI=1S/C24H28F6O6/c1-2-21(35,11-14-5-3-7-16(9-14)23(25,26)27)20(34)22(36,19(33)18(32)13-31)12-15-6-4-8-17(10-15)24(28,29)30/h3-10,18-20,31-36H,2,11-13H2,1H3/t18-,19+,20+,21?,22+/m0/s1.